The fourth-order valence-corrected chi connectivity index (χ4v) is 1.63. The third-order valence-corrected chi connectivity index (χ3v) is 2.83. The van der Waals surface area contributed by atoms with Gasteiger partial charge in [-0.1, -0.05) is 12.1 Å². The molecule has 0 aliphatic carbocycles. The maximum Gasteiger partial charge on any atom is 0.387 e. The van der Waals surface area contributed by atoms with Gasteiger partial charge >= 0.3 is 12.6 Å². The summed E-state index contributed by atoms with van der Waals surface area (Å²) in [5.74, 6) is -1.74. The van der Waals surface area contributed by atoms with Crippen LogP contribution in [0.1, 0.15) is 18.9 Å². The molecule has 1 aromatic carbocycles. The van der Waals surface area contributed by atoms with Gasteiger partial charge in [0, 0.05) is 0 Å². The fraction of sp³-hybridized carbons (Fsp3) is 0.462. The van der Waals surface area contributed by atoms with Crippen LogP contribution in [0.4, 0.5) is 13.2 Å². The Hall–Kier alpha value is -1.76. The van der Waals surface area contributed by atoms with E-state index in [1.807, 2.05) is 0 Å². The van der Waals surface area contributed by atoms with E-state index in [2.05, 4.69) is 4.74 Å². The Balaban J connectivity index is 2.59. The average Bonchev–Trinajstić information content (AvgIpc) is 2.36. The summed E-state index contributed by atoms with van der Waals surface area (Å²) in [5.41, 5.74) is -1.35. The molecule has 0 aliphatic rings. The lowest BCUT2D eigenvalue weighted by Crippen LogP contribution is -2.42. The molecule has 4 nitrogen and oxygen atoms in total. The Kier molecular flexibility index (Phi) is 5.38. The van der Waals surface area contributed by atoms with Gasteiger partial charge in [-0.15, -0.1) is 0 Å². The minimum Gasteiger partial charge on any atom is -0.479 e. The van der Waals surface area contributed by atoms with E-state index in [4.69, 9.17) is 5.11 Å². The molecule has 0 bridgehead atoms. The van der Waals surface area contributed by atoms with Crippen LogP contribution < -0.4 is 4.74 Å². The Morgan fingerprint density at radius 3 is 2.30 bits per heavy atom. The predicted molar refractivity (Wildman–Crippen MR) is 64.6 cm³/mol. The van der Waals surface area contributed by atoms with E-state index in [0.29, 0.717) is 5.56 Å². The quantitative estimate of drug-likeness (QED) is 0.810. The molecular formula is C13H15F3O4. The average molecular weight is 292 g/mol. The number of carbonyl (C=O) groups is 1. The first-order chi connectivity index (χ1) is 9.22. The smallest absolute Gasteiger partial charge is 0.387 e. The summed E-state index contributed by atoms with van der Waals surface area (Å²) in [6, 6.07) is 5.62. The number of halogens is 3. The summed E-state index contributed by atoms with van der Waals surface area (Å²) < 4.78 is 41.3. The number of carboxylic acids is 1. The minimum atomic E-state index is -2.91. The van der Waals surface area contributed by atoms with Crippen LogP contribution in [-0.2, 0) is 11.2 Å². The van der Waals surface area contributed by atoms with Crippen molar-refractivity contribution in [1.29, 1.82) is 0 Å². The molecule has 2 unspecified atom stereocenters. The summed E-state index contributed by atoms with van der Waals surface area (Å²) in [5, 5.41) is 18.2. The van der Waals surface area contributed by atoms with Gasteiger partial charge in [-0.2, -0.15) is 8.78 Å². The Bertz CT molecular complexity index is 445. The summed E-state index contributed by atoms with van der Waals surface area (Å²) in [6.45, 7) is -1.82. The number of ether oxygens (including phenoxy) is 1. The van der Waals surface area contributed by atoms with Gasteiger partial charge in [0.05, 0.1) is 0 Å². The predicted octanol–water partition coefficient (Wildman–Crippen LogP) is 2.39. The second-order valence-electron chi connectivity index (χ2n) is 4.58. The molecule has 0 saturated heterocycles. The zero-order chi connectivity index (χ0) is 15.3. The second kappa shape index (κ2) is 6.60. The van der Waals surface area contributed by atoms with Gasteiger partial charge in [0.15, 0.2) is 0 Å². The van der Waals surface area contributed by atoms with E-state index < -0.39 is 24.4 Å². The molecule has 0 saturated carbocycles. The number of aryl methyl sites for hydroxylation is 1. The minimum absolute atomic E-state index is 0.00980. The van der Waals surface area contributed by atoms with E-state index in [1.165, 1.54) is 24.3 Å². The highest BCUT2D eigenvalue weighted by molar-refractivity contribution is 5.73. The SMILES string of the molecule is CC(O)(CCc1ccc(OC(F)F)cc1)C(F)C(=O)O. The van der Waals surface area contributed by atoms with Crippen molar-refractivity contribution in [3.63, 3.8) is 0 Å². The van der Waals surface area contributed by atoms with Gasteiger partial charge < -0.3 is 14.9 Å². The molecule has 0 fully saturated rings. The lowest BCUT2D eigenvalue weighted by atomic mass is 9.92. The highest BCUT2D eigenvalue weighted by Crippen LogP contribution is 2.22. The molecule has 0 spiro atoms. The molecule has 20 heavy (non-hydrogen) atoms. The van der Waals surface area contributed by atoms with E-state index in [1.54, 1.807) is 0 Å². The number of rotatable bonds is 7. The highest BCUT2D eigenvalue weighted by atomic mass is 19.3. The zero-order valence-corrected chi connectivity index (χ0v) is 10.7. The molecule has 112 valence electrons. The van der Waals surface area contributed by atoms with Crippen molar-refractivity contribution in [2.24, 2.45) is 0 Å². The number of aliphatic hydroxyl groups is 1. The van der Waals surface area contributed by atoms with Crippen LogP contribution in [0.5, 0.6) is 5.75 Å². The summed E-state index contributed by atoms with van der Waals surface area (Å²) in [4.78, 5) is 10.5. The van der Waals surface area contributed by atoms with Crippen LogP contribution in [0.25, 0.3) is 0 Å². The highest BCUT2D eigenvalue weighted by Gasteiger charge is 2.37. The lowest BCUT2D eigenvalue weighted by molar-refractivity contribution is -0.153. The Morgan fingerprint density at radius 2 is 1.85 bits per heavy atom. The van der Waals surface area contributed by atoms with Crippen molar-refractivity contribution >= 4 is 5.97 Å². The number of hydrogen-bond donors (Lipinski definition) is 2. The zero-order valence-electron chi connectivity index (χ0n) is 10.7. The lowest BCUT2D eigenvalue weighted by Gasteiger charge is -2.24. The standard InChI is InChI=1S/C13H15F3O4/c1-13(19,10(14)11(17)18)7-6-8-2-4-9(5-3-8)20-12(15)16/h2-5,10,12,19H,6-7H2,1H3,(H,17,18). The van der Waals surface area contributed by atoms with Crippen molar-refractivity contribution in [3.8, 4) is 5.75 Å². The molecule has 7 heteroatoms. The van der Waals surface area contributed by atoms with Crippen LogP contribution in [0.15, 0.2) is 24.3 Å². The maximum atomic E-state index is 13.3. The number of benzene rings is 1. The van der Waals surface area contributed by atoms with E-state index in [0.717, 1.165) is 6.92 Å². The topological polar surface area (TPSA) is 66.8 Å². The monoisotopic (exact) mass is 292 g/mol. The van der Waals surface area contributed by atoms with Crippen molar-refractivity contribution in [2.75, 3.05) is 0 Å². The Morgan fingerprint density at radius 1 is 1.30 bits per heavy atom. The van der Waals surface area contributed by atoms with Crippen molar-refractivity contribution in [2.45, 2.75) is 38.1 Å². The molecule has 0 aliphatic heterocycles. The molecule has 2 atom stereocenters. The first kappa shape index (κ1) is 16.3. The van der Waals surface area contributed by atoms with Gasteiger partial charge in [-0.25, -0.2) is 9.18 Å². The van der Waals surface area contributed by atoms with Crippen molar-refractivity contribution < 1.29 is 32.9 Å². The van der Waals surface area contributed by atoms with Crippen LogP contribution in [0.3, 0.4) is 0 Å². The summed E-state index contributed by atoms with van der Waals surface area (Å²) >= 11 is 0. The molecule has 0 heterocycles. The van der Waals surface area contributed by atoms with Crippen molar-refractivity contribution in [3.05, 3.63) is 29.8 Å². The fourth-order valence-electron chi connectivity index (χ4n) is 1.63. The number of aliphatic carboxylic acids is 1. The van der Waals surface area contributed by atoms with Crippen LogP contribution in [0, 0.1) is 0 Å². The van der Waals surface area contributed by atoms with E-state index >= 15 is 0 Å². The summed E-state index contributed by atoms with van der Waals surface area (Å²) in [6.07, 6.45) is -2.30. The Labute approximate surface area is 113 Å². The first-order valence-electron chi connectivity index (χ1n) is 5.85. The van der Waals surface area contributed by atoms with Gasteiger partial charge in [0.2, 0.25) is 6.17 Å². The van der Waals surface area contributed by atoms with Gasteiger partial charge in [0.1, 0.15) is 11.4 Å². The largest absolute Gasteiger partial charge is 0.479 e. The maximum absolute atomic E-state index is 13.3. The van der Waals surface area contributed by atoms with Gasteiger partial charge in [-0.05, 0) is 37.5 Å². The normalized spacial score (nSPS) is 15.7. The molecular weight excluding hydrogens is 277 g/mol. The molecule has 0 radical (unpaired) electrons. The molecule has 0 amide bonds. The molecule has 2 N–H and O–H groups in total. The molecule has 1 aromatic rings. The third-order valence-electron chi connectivity index (χ3n) is 2.83. The number of hydrogen-bond acceptors (Lipinski definition) is 3. The molecule has 0 aromatic heterocycles. The molecule has 1 rings (SSSR count). The second-order valence-corrected chi connectivity index (χ2v) is 4.58. The van der Waals surface area contributed by atoms with E-state index in [-0.39, 0.29) is 18.6 Å². The third kappa shape index (κ3) is 4.73. The summed E-state index contributed by atoms with van der Waals surface area (Å²) in [7, 11) is 0. The number of alkyl halides is 3. The van der Waals surface area contributed by atoms with Crippen LogP contribution in [-0.4, -0.2) is 34.6 Å². The van der Waals surface area contributed by atoms with Crippen molar-refractivity contribution in [1.82, 2.24) is 0 Å². The van der Waals surface area contributed by atoms with Gasteiger partial charge in [-0.3, -0.25) is 0 Å². The van der Waals surface area contributed by atoms with Crippen LogP contribution in [0.2, 0.25) is 0 Å². The van der Waals surface area contributed by atoms with Crippen LogP contribution >= 0.6 is 0 Å². The van der Waals surface area contributed by atoms with E-state index in [9.17, 15) is 23.1 Å². The number of carboxylic acid groups (broad SMARTS) is 1. The van der Waals surface area contributed by atoms with Gasteiger partial charge in [0.25, 0.3) is 0 Å². The first-order valence-corrected chi connectivity index (χ1v) is 5.85.